The summed E-state index contributed by atoms with van der Waals surface area (Å²) in [6.07, 6.45) is 0. The van der Waals surface area contributed by atoms with Crippen LogP contribution in [-0.4, -0.2) is 8.42 Å². The predicted molar refractivity (Wildman–Crippen MR) is 60.3 cm³/mol. The van der Waals surface area contributed by atoms with E-state index in [-0.39, 0.29) is 5.75 Å². The van der Waals surface area contributed by atoms with E-state index in [1.165, 1.54) is 0 Å². The second kappa shape index (κ2) is 4.29. The van der Waals surface area contributed by atoms with Crippen LogP contribution in [0, 0.1) is 0 Å². The first-order chi connectivity index (χ1) is 5.88. The molecule has 1 aromatic carbocycles. The minimum Gasteiger partial charge on any atom is -0.212 e. The summed E-state index contributed by atoms with van der Waals surface area (Å²) in [6.45, 7) is 0. The van der Waals surface area contributed by atoms with Crippen LogP contribution in [0.5, 0.6) is 0 Å². The highest BCUT2D eigenvalue weighted by Gasteiger charge is 2.09. The van der Waals surface area contributed by atoms with Gasteiger partial charge in [-0.05, 0) is 17.7 Å². The second-order valence-electron chi connectivity index (χ2n) is 2.42. The third kappa shape index (κ3) is 3.97. The second-order valence-corrected chi connectivity index (χ2v) is 6.97. The van der Waals surface area contributed by atoms with Crippen molar-refractivity contribution in [2.24, 2.45) is 0 Å². The molecule has 0 saturated heterocycles. The summed E-state index contributed by atoms with van der Waals surface area (Å²) in [4.78, 5) is 0. The quantitative estimate of drug-likeness (QED) is 0.769. The zero-order valence-electron chi connectivity index (χ0n) is 6.30. The van der Waals surface area contributed by atoms with Crippen molar-refractivity contribution >= 4 is 51.6 Å². The lowest BCUT2D eigenvalue weighted by Crippen LogP contribution is -1.95. The SMILES string of the molecule is O=S(=O)(Cl)Cc1ccc(Br)cc1Br. The molecule has 0 fully saturated rings. The lowest BCUT2D eigenvalue weighted by molar-refractivity contribution is 0.609. The normalized spacial score (nSPS) is 11.6. The molecule has 0 amide bonds. The van der Waals surface area contributed by atoms with Crippen molar-refractivity contribution < 1.29 is 8.42 Å². The molecule has 0 bridgehead atoms. The topological polar surface area (TPSA) is 34.1 Å². The molecule has 0 heterocycles. The number of rotatable bonds is 2. The molecule has 2 nitrogen and oxygen atoms in total. The maximum atomic E-state index is 10.8. The van der Waals surface area contributed by atoms with Crippen molar-refractivity contribution in [3.05, 3.63) is 32.7 Å². The molecule has 0 unspecified atom stereocenters. The average Bonchev–Trinajstić information content (AvgIpc) is 1.93. The van der Waals surface area contributed by atoms with Gasteiger partial charge in [0, 0.05) is 19.6 Å². The highest BCUT2D eigenvalue weighted by atomic mass is 79.9. The summed E-state index contributed by atoms with van der Waals surface area (Å²) in [5.41, 5.74) is 0.651. The van der Waals surface area contributed by atoms with Gasteiger partial charge in [-0.3, -0.25) is 0 Å². The summed E-state index contributed by atoms with van der Waals surface area (Å²) in [5, 5.41) is 0. The van der Waals surface area contributed by atoms with Crippen LogP contribution in [-0.2, 0) is 14.8 Å². The molecule has 0 spiro atoms. The van der Waals surface area contributed by atoms with Crippen LogP contribution in [0.3, 0.4) is 0 Å². The van der Waals surface area contributed by atoms with E-state index in [2.05, 4.69) is 31.9 Å². The van der Waals surface area contributed by atoms with E-state index in [0.717, 1.165) is 8.95 Å². The van der Waals surface area contributed by atoms with Crippen LogP contribution in [0.2, 0.25) is 0 Å². The summed E-state index contributed by atoms with van der Waals surface area (Å²) < 4.78 is 23.2. The fourth-order valence-electron chi connectivity index (χ4n) is 0.824. The van der Waals surface area contributed by atoms with Gasteiger partial charge in [-0.15, -0.1) is 0 Å². The molecule has 0 aliphatic carbocycles. The van der Waals surface area contributed by atoms with Gasteiger partial charge in [0.15, 0.2) is 0 Å². The van der Waals surface area contributed by atoms with Crippen molar-refractivity contribution in [3.63, 3.8) is 0 Å². The largest absolute Gasteiger partial charge is 0.236 e. The molecule has 0 aliphatic heterocycles. The van der Waals surface area contributed by atoms with Gasteiger partial charge in [0.25, 0.3) is 0 Å². The summed E-state index contributed by atoms with van der Waals surface area (Å²) in [5.74, 6) is -0.164. The Morgan fingerprint density at radius 3 is 2.38 bits per heavy atom. The van der Waals surface area contributed by atoms with Crippen LogP contribution in [0.25, 0.3) is 0 Å². The minimum atomic E-state index is -3.49. The molecule has 13 heavy (non-hydrogen) atoms. The predicted octanol–water partition coefficient (Wildman–Crippen LogP) is 3.28. The Morgan fingerprint density at radius 1 is 1.31 bits per heavy atom. The molecule has 72 valence electrons. The van der Waals surface area contributed by atoms with E-state index < -0.39 is 9.05 Å². The van der Waals surface area contributed by atoms with Crippen molar-refractivity contribution in [1.82, 2.24) is 0 Å². The molecule has 0 atom stereocenters. The van der Waals surface area contributed by atoms with Crippen LogP contribution in [0.4, 0.5) is 0 Å². The van der Waals surface area contributed by atoms with Gasteiger partial charge < -0.3 is 0 Å². The van der Waals surface area contributed by atoms with Gasteiger partial charge in [-0.2, -0.15) is 0 Å². The molecule has 0 aliphatic rings. The third-order valence-corrected chi connectivity index (χ3v) is 3.56. The van der Waals surface area contributed by atoms with Gasteiger partial charge in [-0.1, -0.05) is 37.9 Å². The van der Waals surface area contributed by atoms with Crippen LogP contribution < -0.4 is 0 Å². The highest BCUT2D eigenvalue weighted by Crippen LogP contribution is 2.24. The molecule has 1 rings (SSSR count). The minimum absolute atomic E-state index is 0.164. The Hall–Kier alpha value is 0.420. The molecule has 0 N–H and O–H groups in total. The summed E-state index contributed by atoms with van der Waals surface area (Å²) in [6, 6.07) is 5.24. The summed E-state index contributed by atoms with van der Waals surface area (Å²) in [7, 11) is 1.63. The van der Waals surface area contributed by atoms with E-state index in [1.807, 2.05) is 0 Å². The zero-order chi connectivity index (χ0) is 10.1. The fraction of sp³-hybridized carbons (Fsp3) is 0.143. The lowest BCUT2D eigenvalue weighted by atomic mass is 10.2. The van der Waals surface area contributed by atoms with E-state index >= 15 is 0 Å². The molecule has 6 heteroatoms. The maximum absolute atomic E-state index is 10.8. The van der Waals surface area contributed by atoms with Gasteiger partial charge in [0.1, 0.15) is 0 Å². The fourth-order valence-corrected chi connectivity index (χ4v) is 3.17. The lowest BCUT2D eigenvalue weighted by Gasteiger charge is -2.01. The van der Waals surface area contributed by atoms with Crippen LogP contribution >= 0.6 is 42.5 Å². The van der Waals surface area contributed by atoms with Crippen molar-refractivity contribution in [1.29, 1.82) is 0 Å². The van der Waals surface area contributed by atoms with Crippen molar-refractivity contribution in [3.8, 4) is 0 Å². The van der Waals surface area contributed by atoms with Crippen molar-refractivity contribution in [2.75, 3.05) is 0 Å². The van der Waals surface area contributed by atoms with Crippen molar-refractivity contribution in [2.45, 2.75) is 5.75 Å². The molecule has 0 radical (unpaired) electrons. The Kier molecular flexibility index (Phi) is 3.80. The monoisotopic (exact) mass is 346 g/mol. The van der Waals surface area contributed by atoms with Gasteiger partial charge in [0.05, 0.1) is 5.75 Å². The average molecular weight is 348 g/mol. The standard InChI is InChI=1S/C7H5Br2ClO2S/c8-6-2-1-5(7(9)3-6)4-13(10,11)12/h1-3H,4H2. The Bertz CT molecular complexity index is 417. The van der Waals surface area contributed by atoms with E-state index in [9.17, 15) is 8.42 Å². The highest BCUT2D eigenvalue weighted by molar-refractivity contribution is 9.11. The third-order valence-electron chi connectivity index (χ3n) is 1.34. The van der Waals surface area contributed by atoms with Gasteiger partial charge in [0.2, 0.25) is 9.05 Å². The number of benzene rings is 1. The smallest absolute Gasteiger partial charge is 0.212 e. The molecular weight excluding hydrogens is 343 g/mol. The van der Waals surface area contributed by atoms with E-state index in [1.54, 1.807) is 18.2 Å². The van der Waals surface area contributed by atoms with Gasteiger partial charge in [-0.25, -0.2) is 8.42 Å². The van der Waals surface area contributed by atoms with Crippen LogP contribution in [0.15, 0.2) is 27.1 Å². The first-order valence-electron chi connectivity index (χ1n) is 3.25. The first-order valence-corrected chi connectivity index (χ1v) is 7.31. The zero-order valence-corrected chi connectivity index (χ0v) is 11.0. The van der Waals surface area contributed by atoms with E-state index in [4.69, 9.17) is 10.7 Å². The molecule has 0 aromatic heterocycles. The maximum Gasteiger partial charge on any atom is 0.236 e. The number of hydrogen-bond acceptors (Lipinski definition) is 2. The molecule has 0 saturated carbocycles. The van der Waals surface area contributed by atoms with Gasteiger partial charge >= 0.3 is 0 Å². The number of hydrogen-bond donors (Lipinski definition) is 0. The Labute approximate surface area is 98.0 Å². The molecular formula is C7H5Br2ClO2S. The van der Waals surface area contributed by atoms with E-state index in [0.29, 0.717) is 5.56 Å². The Morgan fingerprint density at radius 2 is 1.92 bits per heavy atom. The Balaban J connectivity index is 3.04. The van der Waals surface area contributed by atoms with Crippen LogP contribution in [0.1, 0.15) is 5.56 Å². The molecule has 1 aromatic rings. The number of halogens is 3. The first kappa shape index (κ1) is 11.5. The summed E-state index contributed by atoms with van der Waals surface area (Å²) >= 11 is 6.51.